The first-order chi connectivity index (χ1) is 14.8. The minimum absolute atomic E-state index is 0. The molecule has 0 aliphatic heterocycles. The Morgan fingerprint density at radius 2 is 1.94 bits per heavy atom. The average molecular weight is 578 g/mol. The van der Waals surface area contributed by atoms with E-state index < -0.39 is 0 Å². The van der Waals surface area contributed by atoms with E-state index in [4.69, 9.17) is 9.73 Å². The van der Waals surface area contributed by atoms with E-state index in [9.17, 15) is 9.18 Å². The Morgan fingerprint density at radius 3 is 2.50 bits per heavy atom. The summed E-state index contributed by atoms with van der Waals surface area (Å²) in [5.74, 6) is 0.0497. The Morgan fingerprint density at radius 1 is 1.28 bits per heavy atom. The number of benzene rings is 1. The number of guanidine groups is 1. The zero-order valence-electron chi connectivity index (χ0n) is 19.4. The second-order valence-electron chi connectivity index (χ2n) is 7.30. The number of aryl methyl sites for hydroxylation is 1. The number of thiazole rings is 1. The molecule has 0 saturated heterocycles. The van der Waals surface area contributed by atoms with Gasteiger partial charge in [-0.25, -0.2) is 14.2 Å². The zero-order valence-corrected chi connectivity index (χ0v) is 22.6. The van der Waals surface area contributed by atoms with Crippen LogP contribution in [0.25, 0.3) is 0 Å². The largest absolute Gasteiger partial charge is 0.462 e. The van der Waals surface area contributed by atoms with Crippen LogP contribution in [0, 0.1) is 12.7 Å². The van der Waals surface area contributed by atoms with E-state index in [1.807, 2.05) is 34.9 Å². The number of halogens is 2. The Kier molecular flexibility index (Phi) is 12.1. The van der Waals surface area contributed by atoms with E-state index in [2.05, 4.69) is 20.5 Å². The van der Waals surface area contributed by atoms with Gasteiger partial charge in [0.2, 0.25) is 0 Å². The van der Waals surface area contributed by atoms with E-state index in [1.165, 1.54) is 23.5 Å². The first-order valence-corrected chi connectivity index (χ1v) is 11.2. The fourth-order valence-electron chi connectivity index (χ4n) is 3.00. The summed E-state index contributed by atoms with van der Waals surface area (Å²) < 4.78 is 18.4. The molecule has 2 atom stereocenters. The number of aliphatic imine (C=N–C) groups is 1. The van der Waals surface area contributed by atoms with Crippen molar-refractivity contribution in [2.75, 3.05) is 33.8 Å². The van der Waals surface area contributed by atoms with Gasteiger partial charge in [-0.2, -0.15) is 0 Å². The van der Waals surface area contributed by atoms with Gasteiger partial charge in [0.25, 0.3) is 0 Å². The second kappa shape index (κ2) is 13.7. The van der Waals surface area contributed by atoms with Crippen molar-refractivity contribution in [2.24, 2.45) is 4.99 Å². The first-order valence-electron chi connectivity index (χ1n) is 10.4. The molecule has 2 unspecified atom stereocenters. The summed E-state index contributed by atoms with van der Waals surface area (Å²) in [5.41, 5.74) is 1.66. The van der Waals surface area contributed by atoms with Crippen LogP contribution in [0.4, 0.5) is 4.39 Å². The van der Waals surface area contributed by atoms with Crippen molar-refractivity contribution < 1.29 is 13.9 Å². The van der Waals surface area contributed by atoms with Crippen LogP contribution >= 0.6 is 35.3 Å². The van der Waals surface area contributed by atoms with Crippen molar-refractivity contribution in [3.05, 3.63) is 51.2 Å². The molecule has 2 aromatic rings. The minimum Gasteiger partial charge on any atom is -0.462 e. The molecule has 32 heavy (non-hydrogen) atoms. The van der Waals surface area contributed by atoms with Gasteiger partial charge in [-0.15, -0.1) is 35.3 Å². The van der Waals surface area contributed by atoms with Crippen molar-refractivity contribution in [2.45, 2.75) is 39.8 Å². The maximum absolute atomic E-state index is 13.3. The number of carbonyl (C=O) groups excluding carboxylic acids is 1. The quantitative estimate of drug-likeness (QED) is 0.200. The van der Waals surface area contributed by atoms with Gasteiger partial charge in [-0.1, -0.05) is 12.1 Å². The van der Waals surface area contributed by atoms with E-state index in [0.717, 1.165) is 10.6 Å². The van der Waals surface area contributed by atoms with Crippen LogP contribution in [0.2, 0.25) is 0 Å². The number of aromatic nitrogens is 1. The second-order valence-corrected chi connectivity index (χ2v) is 8.33. The lowest BCUT2D eigenvalue weighted by atomic mass is 10.1. The molecule has 2 rings (SSSR count). The molecule has 1 aromatic carbocycles. The molecule has 0 aliphatic rings. The molecule has 0 spiro atoms. The third kappa shape index (κ3) is 7.96. The Labute approximate surface area is 210 Å². The lowest BCUT2D eigenvalue weighted by Gasteiger charge is -2.24. The van der Waals surface area contributed by atoms with Crippen LogP contribution in [-0.4, -0.2) is 55.6 Å². The number of ether oxygens (including phenoxy) is 1. The van der Waals surface area contributed by atoms with Gasteiger partial charge in [0.15, 0.2) is 5.96 Å². The molecule has 0 saturated carbocycles. The maximum Gasteiger partial charge on any atom is 0.350 e. The summed E-state index contributed by atoms with van der Waals surface area (Å²) in [7, 11) is 3.95. The first kappa shape index (κ1) is 28.2. The molecule has 2 N–H and O–H groups in total. The fourth-order valence-corrected chi connectivity index (χ4v) is 3.97. The van der Waals surface area contributed by atoms with E-state index in [-0.39, 0.29) is 47.8 Å². The molecule has 0 radical (unpaired) electrons. The molecule has 0 amide bonds. The standard InChI is InChI=1S/C22H32FN5O2S.HI/c1-7-24-22(25-13-18(28(5)6)16-9-11-17(23)12-10-16)27-15(4)20-26-14(3)19(31-20)21(29)30-8-2;/h9-12,15,18H,7-8,13H2,1-6H3,(H2,24,25,27);1H. The van der Waals surface area contributed by atoms with Gasteiger partial charge in [0.1, 0.15) is 15.7 Å². The number of hydrogen-bond donors (Lipinski definition) is 2. The normalized spacial score (nSPS) is 13.3. The highest BCUT2D eigenvalue weighted by Gasteiger charge is 2.20. The topological polar surface area (TPSA) is 78.9 Å². The Bertz CT molecular complexity index is 889. The van der Waals surface area contributed by atoms with Crippen LogP contribution < -0.4 is 10.6 Å². The molecule has 178 valence electrons. The summed E-state index contributed by atoms with van der Waals surface area (Å²) >= 11 is 1.33. The number of nitrogens with zero attached hydrogens (tertiary/aromatic N) is 3. The van der Waals surface area contributed by atoms with Crippen LogP contribution in [0.3, 0.4) is 0 Å². The summed E-state index contributed by atoms with van der Waals surface area (Å²) in [5, 5.41) is 7.39. The third-order valence-electron chi connectivity index (χ3n) is 4.64. The molecular weight excluding hydrogens is 544 g/mol. The van der Waals surface area contributed by atoms with E-state index in [1.54, 1.807) is 19.1 Å². The van der Waals surface area contributed by atoms with Gasteiger partial charge >= 0.3 is 5.97 Å². The van der Waals surface area contributed by atoms with Crippen molar-refractivity contribution in [1.29, 1.82) is 0 Å². The number of likely N-dealkylation sites (N-methyl/N-ethyl adjacent to an activating group) is 1. The Balaban J connectivity index is 0.00000512. The number of carbonyl (C=O) groups is 1. The molecule has 10 heteroatoms. The van der Waals surface area contributed by atoms with Gasteiger partial charge in [-0.05, 0) is 59.5 Å². The van der Waals surface area contributed by atoms with Crippen molar-refractivity contribution in [3.8, 4) is 0 Å². The predicted molar refractivity (Wildman–Crippen MR) is 139 cm³/mol. The summed E-state index contributed by atoms with van der Waals surface area (Å²) in [6.07, 6.45) is 0. The van der Waals surface area contributed by atoms with Crippen LogP contribution in [0.5, 0.6) is 0 Å². The summed E-state index contributed by atoms with van der Waals surface area (Å²) in [6, 6.07) is 6.36. The monoisotopic (exact) mass is 577 g/mol. The van der Waals surface area contributed by atoms with Crippen LogP contribution in [0.15, 0.2) is 29.3 Å². The van der Waals surface area contributed by atoms with Gasteiger partial charge < -0.3 is 20.3 Å². The zero-order chi connectivity index (χ0) is 23.0. The molecular formula is C22H33FIN5O2S. The highest BCUT2D eigenvalue weighted by Crippen LogP contribution is 2.24. The lowest BCUT2D eigenvalue weighted by Crippen LogP contribution is -2.39. The predicted octanol–water partition coefficient (Wildman–Crippen LogP) is 4.30. The van der Waals surface area contributed by atoms with Crippen LogP contribution in [-0.2, 0) is 4.74 Å². The van der Waals surface area contributed by atoms with Crippen molar-refractivity contribution in [3.63, 3.8) is 0 Å². The number of esters is 1. The number of rotatable bonds is 9. The van der Waals surface area contributed by atoms with Gasteiger partial charge in [-0.3, -0.25) is 4.99 Å². The fraction of sp³-hybridized carbons (Fsp3) is 0.500. The molecule has 1 heterocycles. The van der Waals surface area contributed by atoms with Gasteiger partial charge in [0, 0.05) is 6.54 Å². The van der Waals surface area contributed by atoms with Crippen LogP contribution in [0.1, 0.15) is 58.8 Å². The van der Waals surface area contributed by atoms with E-state index >= 15 is 0 Å². The van der Waals surface area contributed by atoms with Crippen molar-refractivity contribution >= 4 is 47.2 Å². The molecule has 0 bridgehead atoms. The Hall–Kier alpha value is -1.79. The van der Waals surface area contributed by atoms with E-state index in [0.29, 0.717) is 36.2 Å². The summed E-state index contributed by atoms with van der Waals surface area (Å²) in [6.45, 7) is 9.09. The minimum atomic E-state index is -0.343. The SMILES string of the molecule is CCNC(=NCC(c1ccc(F)cc1)N(C)C)NC(C)c1nc(C)c(C(=O)OCC)s1.I. The molecule has 1 aromatic heterocycles. The summed E-state index contributed by atoms with van der Waals surface area (Å²) in [4.78, 5) is 23.9. The third-order valence-corrected chi connectivity index (χ3v) is 5.96. The highest BCUT2D eigenvalue weighted by molar-refractivity contribution is 14.0. The molecule has 7 nitrogen and oxygen atoms in total. The number of hydrogen-bond acceptors (Lipinski definition) is 6. The number of nitrogens with one attached hydrogen (secondary N) is 2. The average Bonchev–Trinajstić information content (AvgIpc) is 3.11. The lowest BCUT2D eigenvalue weighted by molar-refractivity contribution is 0.0531. The van der Waals surface area contributed by atoms with Gasteiger partial charge in [0.05, 0.1) is 30.9 Å². The highest BCUT2D eigenvalue weighted by atomic mass is 127. The van der Waals surface area contributed by atoms with Crippen molar-refractivity contribution in [1.82, 2.24) is 20.5 Å². The maximum atomic E-state index is 13.3. The smallest absolute Gasteiger partial charge is 0.350 e. The molecule has 0 fully saturated rings. The molecule has 0 aliphatic carbocycles.